The third-order valence-corrected chi connectivity index (χ3v) is 5.95. The molecule has 0 unspecified atom stereocenters. The number of rotatable bonds is 7. The van der Waals surface area contributed by atoms with Gasteiger partial charge in [0.05, 0.1) is 6.54 Å². The summed E-state index contributed by atoms with van der Waals surface area (Å²) in [5.41, 5.74) is 1.04. The van der Waals surface area contributed by atoms with Crippen molar-refractivity contribution in [2.45, 2.75) is 25.8 Å². The summed E-state index contributed by atoms with van der Waals surface area (Å²) in [5.74, 6) is 4.01. The summed E-state index contributed by atoms with van der Waals surface area (Å²) in [6, 6.07) is 25.4. The Balaban J connectivity index is 1.27. The number of piperidine rings is 1. The topological polar surface area (TPSA) is 75.5 Å². The normalized spacial score (nSPS) is 13.3. The fourth-order valence-corrected chi connectivity index (χ4v) is 4.12. The molecule has 2 aromatic heterocycles. The molecule has 0 spiro atoms. The molecule has 5 rings (SSSR count). The van der Waals surface area contributed by atoms with Gasteiger partial charge in [-0.1, -0.05) is 48.5 Å². The first kappa shape index (κ1) is 22.9. The molecule has 7 nitrogen and oxygen atoms in total. The minimum atomic E-state index is 0.390. The van der Waals surface area contributed by atoms with Crippen molar-refractivity contribution in [2.24, 2.45) is 0 Å². The first-order chi connectivity index (χ1) is 17.2. The van der Waals surface area contributed by atoms with Crippen molar-refractivity contribution in [1.82, 2.24) is 15.3 Å². The van der Waals surface area contributed by atoms with E-state index >= 15 is 0 Å². The van der Waals surface area contributed by atoms with Gasteiger partial charge in [0.2, 0.25) is 11.8 Å². The minimum absolute atomic E-state index is 0.390. The Morgan fingerprint density at radius 2 is 1.66 bits per heavy atom. The molecule has 1 saturated heterocycles. The van der Waals surface area contributed by atoms with E-state index < -0.39 is 0 Å². The van der Waals surface area contributed by atoms with Gasteiger partial charge in [0.25, 0.3) is 0 Å². The zero-order valence-electron chi connectivity index (χ0n) is 19.3. The highest BCUT2D eigenvalue weighted by Crippen LogP contribution is 2.26. The molecule has 8 heteroatoms. The van der Waals surface area contributed by atoms with E-state index in [1.165, 1.54) is 6.42 Å². The van der Waals surface area contributed by atoms with Gasteiger partial charge in [-0.3, -0.25) is 0 Å². The first-order valence-corrected chi connectivity index (χ1v) is 12.2. The summed E-state index contributed by atoms with van der Waals surface area (Å²) in [5, 5.41) is 6.69. The summed E-state index contributed by atoms with van der Waals surface area (Å²) in [7, 11) is 0. The maximum atomic E-state index is 6.01. The van der Waals surface area contributed by atoms with E-state index in [1.807, 2.05) is 78.9 Å². The molecule has 2 aromatic carbocycles. The highest BCUT2D eigenvalue weighted by atomic mass is 32.1. The number of nitrogens with one attached hydrogen (secondary N) is 2. The van der Waals surface area contributed by atoms with E-state index in [9.17, 15) is 0 Å². The lowest BCUT2D eigenvalue weighted by molar-refractivity contribution is 0.461. The van der Waals surface area contributed by atoms with Gasteiger partial charge in [0.1, 0.15) is 23.1 Å². The van der Waals surface area contributed by atoms with Gasteiger partial charge in [0.15, 0.2) is 5.11 Å². The molecule has 0 saturated carbocycles. The molecule has 1 aliphatic rings. The van der Waals surface area contributed by atoms with Crippen molar-refractivity contribution < 1.29 is 9.15 Å². The second-order valence-corrected chi connectivity index (χ2v) is 8.70. The Kier molecular flexibility index (Phi) is 7.19. The lowest BCUT2D eigenvalue weighted by Crippen LogP contribution is -2.31. The molecule has 1 fully saturated rings. The number of benzene rings is 2. The van der Waals surface area contributed by atoms with Crippen LogP contribution in [0.1, 0.15) is 25.0 Å². The van der Waals surface area contributed by atoms with Crippen LogP contribution in [0.3, 0.4) is 0 Å². The van der Waals surface area contributed by atoms with Gasteiger partial charge >= 0.3 is 0 Å². The predicted molar refractivity (Wildman–Crippen MR) is 142 cm³/mol. The SMILES string of the molecule is S=C(NCc1ccc(-c2ccccc2)o1)Nc1nc(Oc2ccccc2)cc(N2CCCCC2)n1. The van der Waals surface area contributed by atoms with Crippen molar-refractivity contribution >= 4 is 29.1 Å². The van der Waals surface area contributed by atoms with E-state index in [0.717, 1.165) is 54.6 Å². The predicted octanol–water partition coefficient (Wildman–Crippen LogP) is 6.01. The molecule has 2 N–H and O–H groups in total. The first-order valence-electron chi connectivity index (χ1n) is 11.8. The minimum Gasteiger partial charge on any atom is -0.459 e. The summed E-state index contributed by atoms with van der Waals surface area (Å²) in [6.45, 7) is 2.37. The van der Waals surface area contributed by atoms with Crippen LogP contribution in [-0.2, 0) is 6.54 Å². The van der Waals surface area contributed by atoms with Crippen molar-refractivity contribution in [2.75, 3.05) is 23.3 Å². The molecule has 178 valence electrons. The molecule has 35 heavy (non-hydrogen) atoms. The molecule has 0 aliphatic carbocycles. The molecule has 4 aromatic rings. The van der Waals surface area contributed by atoms with Gasteiger partial charge in [-0.25, -0.2) is 0 Å². The van der Waals surface area contributed by atoms with E-state index in [4.69, 9.17) is 26.4 Å². The zero-order chi connectivity index (χ0) is 23.9. The second kappa shape index (κ2) is 11.0. The number of para-hydroxylation sites is 1. The van der Waals surface area contributed by atoms with Crippen LogP contribution in [0.4, 0.5) is 11.8 Å². The second-order valence-electron chi connectivity index (χ2n) is 8.29. The summed E-state index contributed by atoms with van der Waals surface area (Å²) in [4.78, 5) is 11.5. The number of thiocarbonyl (C=S) groups is 1. The van der Waals surface area contributed by atoms with Crippen LogP contribution in [0.25, 0.3) is 11.3 Å². The molecule has 0 amide bonds. The van der Waals surface area contributed by atoms with Crippen molar-refractivity contribution in [3.05, 3.63) is 84.6 Å². The monoisotopic (exact) mass is 485 g/mol. The highest BCUT2D eigenvalue weighted by Gasteiger charge is 2.16. The largest absolute Gasteiger partial charge is 0.459 e. The van der Waals surface area contributed by atoms with Crippen LogP contribution in [0.5, 0.6) is 11.6 Å². The fraction of sp³-hybridized carbons (Fsp3) is 0.222. The maximum absolute atomic E-state index is 6.01. The van der Waals surface area contributed by atoms with Crippen molar-refractivity contribution in [1.29, 1.82) is 0 Å². The number of anilines is 2. The van der Waals surface area contributed by atoms with Gasteiger partial charge in [-0.15, -0.1) is 0 Å². The lowest BCUT2D eigenvalue weighted by Gasteiger charge is -2.28. The van der Waals surface area contributed by atoms with Gasteiger partial charge in [-0.05, 0) is 55.7 Å². The maximum Gasteiger partial charge on any atom is 0.234 e. The van der Waals surface area contributed by atoms with Crippen LogP contribution in [0.2, 0.25) is 0 Å². The lowest BCUT2D eigenvalue weighted by atomic mass is 10.1. The zero-order valence-corrected chi connectivity index (χ0v) is 20.1. The Morgan fingerprint density at radius 3 is 2.43 bits per heavy atom. The molecule has 0 radical (unpaired) electrons. The number of ether oxygens (including phenoxy) is 1. The van der Waals surface area contributed by atoms with Crippen molar-refractivity contribution in [3.8, 4) is 23.0 Å². The standard InChI is InChI=1S/C27H27N5O2S/c35-27(28-19-22-14-15-23(33-22)20-10-4-1-5-11-20)31-26-29-24(32-16-8-3-9-17-32)18-25(30-26)34-21-12-6-2-7-13-21/h1-2,4-7,10-15,18H,3,8-9,16-17,19H2,(H2,28,29,30,31,35). The molecule has 0 bridgehead atoms. The van der Waals surface area contributed by atoms with E-state index in [2.05, 4.69) is 20.5 Å². The summed E-state index contributed by atoms with van der Waals surface area (Å²) >= 11 is 5.51. The Morgan fingerprint density at radius 1 is 0.914 bits per heavy atom. The third-order valence-electron chi connectivity index (χ3n) is 5.70. The van der Waals surface area contributed by atoms with Crippen LogP contribution in [0.15, 0.2) is 83.3 Å². The number of furan rings is 1. The fourth-order valence-electron chi connectivity index (χ4n) is 3.96. The van der Waals surface area contributed by atoms with E-state index in [1.54, 1.807) is 0 Å². The van der Waals surface area contributed by atoms with Crippen molar-refractivity contribution in [3.63, 3.8) is 0 Å². The van der Waals surface area contributed by atoms with E-state index in [-0.39, 0.29) is 0 Å². The smallest absolute Gasteiger partial charge is 0.234 e. The van der Waals surface area contributed by atoms with Gasteiger partial charge in [-0.2, -0.15) is 9.97 Å². The van der Waals surface area contributed by atoms with Crippen LogP contribution < -0.4 is 20.3 Å². The molecule has 3 heterocycles. The van der Waals surface area contributed by atoms with Gasteiger partial charge < -0.3 is 24.7 Å². The van der Waals surface area contributed by atoms with E-state index in [0.29, 0.717) is 23.5 Å². The van der Waals surface area contributed by atoms with Crippen LogP contribution in [0, 0.1) is 0 Å². The Bertz CT molecular complexity index is 1260. The van der Waals surface area contributed by atoms with Crippen LogP contribution >= 0.6 is 12.2 Å². The Labute approximate surface area is 210 Å². The quantitative estimate of drug-likeness (QED) is 0.309. The Hall–Kier alpha value is -3.91. The summed E-state index contributed by atoms with van der Waals surface area (Å²) in [6.07, 6.45) is 3.54. The number of hydrogen-bond donors (Lipinski definition) is 2. The van der Waals surface area contributed by atoms with Crippen LogP contribution in [-0.4, -0.2) is 28.2 Å². The molecular weight excluding hydrogens is 458 g/mol. The molecule has 1 aliphatic heterocycles. The highest BCUT2D eigenvalue weighted by molar-refractivity contribution is 7.80. The van der Waals surface area contributed by atoms with Gasteiger partial charge in [0, 0.05) is 24.7 Å². The number of aromatic nitrogens is 2. The number of hydrogen-bond acceptors (Lipinski definition) is 6. The third kappa shape index (κ3) is 6.16. The molecular formula is C27H27N5O2S. The average molecular weight is 486 g/mol. The molecule has 0 atom stereocenters. The average Bonchev–Trinajstić information content (AvgIpc) is 3.38. The number of nitrogens with zero attached hydrogens (tertiary/aromatic N) is 3. The summed E-state index contributed by atoms with van der Waals surface area (Å²) < 4.78 is 12.0.